The van der Waals surface area contributed by atoms with Gasteiger partial charge < -0.3 is 5.32 Å². The topological polar surface area (TPSA) is 66.5 Å². The van der Waals surface area contributed by atoms with E-state index in [4.69, 9.17) is 23.2 Å². The van der Waals surface area contributed by atoms with Crippen LogP contribution < -0.4 is 9.62 Å². The highest BCUT2D eigenvalue weighted by Crippen LogP contribution is 2.32. The molecule has 0 heterocycles. The Labute approximate surface area is 168 Å². The summed E-state index contributed by atoms with van der Waals surface area (Å²) < 4.78 is 38.8. The van der Waals surface area contributed by atoms with Crippen molar-refractivity contribution in [2.75, 3.05) is 10.6 Å². The number of rotatable bonds is 7. The van der Waals surface area contributed by atoms with Gasteiger partial charge in [-0.1, -0.05) is 42.3 Å². The fourth-order valence-corrected chi connectivity index (χ4v) is 4.24. The van der Waals surface area contributed by atoms with Gasteiger partial charge in [-0.3, -0.25) is 9.10 Å². The third kappa shape index (κ3) is 5.57. The summed E-state index contributed by atoms with van der Waals surface area (Å²) in [5.74, 6) is -0.876. The van der Waals surface area contributed by atoms with Gasteiger partial charge in [0.05, 0.1) is 17.0 Å². The number of hydrogen-bond acceptors (Lipinski definition) is 3. The fourth-order valence-electron chi connectivity index (χ4n) is 2.60. The number of benzene rings is 2. The second-order valence-corrected chi connectivity index (χ2v) is 8.63. The SMILES string of the molecule is CCC(C(=O)NCc1ccc(F)cc1)N(c1cc(Cl)ccc1Cl)S(C)(=O)=O. The molecule has 0 radical (unpaired) electrons. The average Bonchev–Trinajstić information content (AvgIpc) is 2.60. The maximum Gasteiger partial charge on any atom is 0.244 e. The number of sulfonamides is 1. The molecule has 0 aliphatic heterocycles. The summed E-state index contributed by atoms with van der Waals surface area (Å²) in [7, 11) is -3.82. The zero-order chi connectivity index (χ0) is 20.2. The highest BCUT2D eigenvalue weighted by atomic mass is 35.5. The number of nitrogens with one attached hydrogen (secondary N) is 1. The van der Waals surface area contributed by atoms with Crippen LogP contribution in [0.3, 0.4) is 0 Å². The van der Waals surface area contributed by atoms with Gasteiger partial charge in [-0.2, -0.15) is 0 Å². The van der Waals surface area contributed by atoms with E-state index in [0.29, 0.717) is 10.6 Å². The molecule has 2 aromatic carbocycles. The molecule has 0 saturated heterocycles. The first-order valence-electron chi connectivity index (χ1n) is 8.10. The van der Waals surface area contributed by atoms with Crippen molar-refractivity contribution in [3.63, 3.8) is 0 Å². The predicted octanol–water partition coefficient (Wildman–Crippen LogP) is 3.99. The monoisotopic (exact) mass is 432 g/mol. The van der Waals surface area contributed by atoms with E-state index in [1.807, 2.05) is 0 Å². The van der Waals surface area contributed by atoms with Gasteiger partial charge >= 0.3 is 0 Å². The highest BCUT2D eigenvalue weighted by Gasteiger charge is 2.32. The van der Waals surface area contributed by atoms with Gasteiger partial charge in [0, 0.05) is 11.6 Å². The molecule has 2 aromatic rings. The molecule has 0 aliphatic carbocycles. The lowest BCUT2D eigenvalue weighted by Crippen LogP contribution is -2.49. The molecular formula is C18H19Cl2FN2O3S. The Morgan fingerprint density at radius 2 is 1.81 bits per heavy atom. The maximum absolute atomic E-state index is 13.0. The molecule has 0 spiro atoms. The van der Waals surface area contributed by atoms with E-state index in [9.17, 15) is 17.6 Å². The number of carbonyl (C=O) groups is 1. The fraction of sp³-hybridized carbons (Fsp3) is 0.278. The van der Waals surface area contributed by atoms with Gasteiger partial charge in [-0.25, -0.2) is 12.8 Å². The van der Waals surface area contributed by atoms with Crippen LogP contribution in [-0.2, 0) is 21.4 Å². The van der Waals surface area contributed by atoms with E-state index in [2.05, 4.69) is 5.32 Å². The van der Waals surface area contributed by atoms with Crippen molar-refractivity contribution in [1.82, 2.24) is 5.32 Å². The highest BCUT2D eigenvalue weighted by molar-refractivity contribution is 7.92. The smallest absolute Gasteiger partial charge is 0.244 e. The van der Waals surface area contributed by atoms with Crippen molar-refractivity contribution in [3.05, 3.63) is 63.9 Å². The second kappa shape index (κ2) is 8.91. The summed E-state index contributed by atoms with van der Waals surface area (Å²) in [6.07, 6.45) is 1.21. The van der Waals surface area contributed by atoms with E-state index < -0.39 is 22.0 Å². The van der Waals surface area contributed by atoms with E-state index in [1.54, 1.807) is 19.1 Å². The maximum atomic E-state index is 13.0. The van der Waals surface area contributed by atoms with E-state index in [0.717, 1.165) is 10.6 Å². The third-order valence-corrected chi connectivity index (χ3v) is 5.58. The summed E-state index contributed by atoms with van der Waals surface area (Å²) in [4.78, 5) is 12.7. The molecule has 2 rings (SSSR count). The van der Waals surface area contributed by atoms with Crippen LogP contribution in [0.2, 0.25) is 10.0 Å². The van der Waals surface area contributed by atoms with Gasteiger partial charge in [-0.15, -0.1) is 0 Å². The summed E-state index contributed by atoms with van der Waals surface area (Å²) in [6, 6.07) is 9.04. The first kappa shape index (κ1) is 21.5. The Kier molecular flexibility index (Phi) is 7.08. The van der Waals surface area contributed by atoms with E-state index in [1.165, 1.54) is 30.3 Å². The van der Waals surface area contributed by atoms with Gasteiger partial charge in [0.25, 0.3) is 0 Å². The Balaban J connectivity index is 2.30. The molecule has 1 unspecified atom stereocenters. The molecule has 27 heavy (non-hydrogen) atoms. The van der Waals surface area contributed by atoms with Gasteiger partial charge in [0.15, 0.2) is 0 Å². The molecule has 1 amide bonds. The standard InChI is InChI=1S/C18H19Cl2FN2O3S/c1-3-16(18(24)22-11-12-4-7-14(21)8-5-12)23(27(2,25)26)17-10-13(19)6-9-15(17)20/h4-10,16H,3,11H2,1-2H3,(H,22,24). The minimum atomic E-state index is -3.82. The molecule has 9 heteroatoms. The number of halogens is 3. The van der Waals surface area contributed by atoms with Crippen molar-refractivity contribution < 1.29 is 17.6 Å². The number of hydrogen-bond donors (Lipinski definition) is 1. The normalized spacial score (nSPS) is 12.5. The van der Waals surface area contributed by atoms with Gasteiger partial charge in [0.1, 0.15) is 11.9 Å². The lowest BCUT2D eigenvalue weighted by Gasteiger charge is -2.30. The van der Waals surface area contributed by atoms with Crippen molar-refractivity contribution in [3.8, 4) is 0 Å². The van der Waals surface area contributed by atoms with Crippen molar-refractivity contribution in [2.24, 2.45) is 0 Å². The van der Waals surface area contributed by atoms with Crippen LogP contribution in [0.1, 0.15) is 18.9 Å². The minimum Gasteiger partial charge on any atom is -0.350 e. The van der Waals surface area contributed by atoms with Gasteiger partial charge in [0.2, 0.25) is 15.9 Å². The second-order valence-electron chi connectivity index (χ2n) is 5.92. The zero-order valence-electron chi connectivity index (χ0n) is 14.7. The van der Waals surface area contributed by atoms with Crippen LogP contribution in [0.4, 0.5) is 10.1 Å². The van der Waals surface area contributed by atoms with Crippen LogP contribution in [0.5, 0.6) is 0 Å². The van der Waals surface area contributed by atoms with Crippen LogP contribution >= 0.6 is 23.2 Å². The number of nitrogens with zero attached hydrogens (tertiary/aromatic N) is 1. The van der Waals surface area contributed by atoms with Crippen molar-refractivity contribution in [1.29, 1.82) is 0 Å². The van der Waals surface area contributed by atoms with Crippen LogP contribution in [-0.4, -0.2) is 26.6 Å². The number of anilines is 1. The lowest BCUT2D eigenvalue weighted by molar-refractivity contribution is -0.122. The molecule has 0 aromatic heterocycles. The predicted molar refractivity (Wildman–Crippen MR) is 106 cm³/mol. The molecule has 0 aliphatic rings. The number of carbonyl (C=O) groups excluding carboxylic acids is 1. The first-order valence-corrected chi connectivity index (χ1v) is 10.7. The molecule has 0 fully saturated rings. The Morgan fingerprint density at radius 1 is 1.19 bits per heavy atom. The Morgan fingerprint density at radius 3 is 2.37 bits per heavy atom. The molecular weight excluding hydrogens is 414 g/mol. The summed E-state index contributed by atoms with van der Waals surface area (Å²) in [5.41, 5.74) is 0.821. The van der Waals surface area contributed by atoms with E-state index in [-0.39, 0.29) is 29.5 Å². The lowest BCUT2D eigenvalue weighted by atomic mass is 10.1. The van der Waals surface area contributed by atoms with Crippen LogP contribution in [0.15, 0.2) is 42.5 Å². The Hall–Kier alpha value is -1.83. The van der Waals surface area contributed by atoms with Crippen LogP contribution in [0.25, 0.3) is 0 Å². The molecule has 1 N–H and O–H groups in total. The Bertz CT molecular complexity index is 921. The first-order chi connectivity index (χ1) is 12.6. The van der Waals surface area contributed by atoms with Crippen molar-refractivity contribution >= 4 is 44.8 Å². The molecule has 0 saturated carbocycles. The average molecular weight is 433 g/mol. The molecule has 5 nitrogen and oxygen atoms in total. The quantitative estimate of drug-likeness (QED) is 0.718. The van der Waals surface area contributed by atoms with Crippen LogP contribution in [0, 0.1) is 5.82 Å². The molecule has 0 bridgehead atoms. The number of amides is 1. The van der Waals surface area contributed by atoms with Crippen molar-refractivity contribution in [2.45, 2.75) is 25.9 Å². The largest absolute Gasteiger partial charge is 0.350 e. The zero-order valence-corrected chi connectivity index (χ0v) is 17.1. The van der Waals surface area contributed by atoms with Gasteiger partial charge in [-0.05, 0) is 42.3 Å². The van der Waals surface area contributed by atoms with E-state index >= 15 is 0 Å². The molecule has 1 atom stereocenters. The minimum absolute atomic E-state index is 0.135. The summed E-state index contributed by atoms with van der Waals surface area (Å²) in [6.45, 7) is 1.83. The summed E-state index contributed by atoms with van der Waals surface area (Å²) in [5, 5.41) is 3.14. The molecule has 146 valence electrons. The summed E-state index contributed by atoms with van der Waals surface area (Å²) >= 11 is 12.1. The third-order valence-electron chi connectivity index (χ3n) is 3.86.